The van der Waals surface area contributed by atoms with E-state index in [-0.39, 0.29) is 5.56 Å². The molecule has 0 aliphatic carbocycles. The molecule has 0 aliphatic heterocycles. The molecule has 8 heteroatoms. The number of aryl methyl sites for hydroxylation is 1. The monoisotopic (exact) mass is 317 g/mol. The van der Waals surface area contributed by atoms with E-state index in [1.165, 1.54) is 4.52 Å². The van der Waals surface area contributed by atoms with Gasteiger partial charge in [0.05, 0.1) is 7.11 Å². The molecule has 3 aromatic rings. The van der Waals surface area contributed by atoms with Gasteiger partial charge in [0.2, 0.25) is 4.77 Å². The fourth-order valence-corrected chi connectivity index (χ4v) is 2.50. The van der Waals surface area contributed by atoms with Gasteiger partial charge in [-0.2, -0.15) is 9.61 Å². The highest BCUT2D eigenvalue weighted by Gasteiger charge is 2.13. The summed E-state index contributed by atoms with van der Waals surface area (Å²) in [6.45, 7) is 2.38. The molecule has 0 saturated carbocycles. The molecule has 0 amide bonds. The third kappa shape index (κ3) is 2.41. The maximum Gasteiger partial charge on any atom is 0.277 e. The number of ether oxygens (including phenoxy) is 1. The van der Waals surface area contributed by atoms with Crippen LogP contribution in [0.2, 0.25) is 0 Å². The van der Waals surface area contributed by atoms with E-state index in [1.54, 1.807) is 11.7 Å². The van der Waals surface area contributed by atoms with Gasteiger partial charge < -0.3 is 4.74 Å². The molecule has 3 rings (SSSR count). The average Bonchev–Trinajstić information content (AvgIpc) is 2.89. The van der Waals surface area contributed by atoms with Crippen molar-refractivity contribution in [2.75, 3.05) is 7.11 Å². The van der Waals surface area contributed by atoms with Gasteiger partial charge in [-0.05, 0) is 36.8 Å². The minimum Gasteiger partial charge on any atom is -0.497 e. The Labute approximate surface area is 131 Å². The molecule has 7 nitrogen and oxygen atoms in total. The summed E-state index contributed by atoms with van der Waals surface area (Å²) < 4.78 is 8.60. The molecule has 0 radical (unpaired) electrons. The fraction of sp³-hybridized carbons (Fsp3) is 0.286. The second-order valence-corrected chi connectivity index (χ2v) is 5.15. The first-order chi connectivity index (χ1) is 10.6. The van der Waals surface area contributed by atoms with E-state index in [9.17, 15) is 4.79 Å². The van der Waals surface area contributed by atoms with Crippen molar-refractivity contribution < 1.29 is 4.74 Å². The predicted octanol–water partition coefficient (Wildman–Crippen LogP) is 1.57. The lowest BCUT2D eigenvalue weighted by molar-refractivity contribution is 0.414. The van der Waals surface area contributed by atoms with E-state index in [4.69, 9.17) is 17.0 Å². The quantitative estimate of drug-likeness (QED) is 0.739. The number of fused-ring (bicyclic) bond motifs is 1. The largest absolute Gasteiger partial charge is 0.497 e. The zero-order chi connectivity index (χ0) is 15.7. The number of H-pyrrole nitrogens is 1. The van der Waals surface area contributed by atoms with Crippen molar-refractivity contribution in [3.63, 3.8) is 0 Å². The van der Waals surface area contributed by atoms with Gasteiger partial charge in [0.15, 0.2) is 0 Å². The first-order valence-corrected chi connectivity index (χ1v) is 7.25. The molecule has 0 spiro atoms. The predicted molar refractivity (Wildman–Crippen MR) is 83.9 cm³/mol. The van der Waals surface area contributed by atoms with Crippen molar-refractivity contribution >= 4 is 18.0 Å². The molecule has 2 heterocycles. The summed E-state index contributed by atoms with van der Waals surface area (Å²) in [7, 11) is 1.61. The summed E-state index contributed by atoms with van der Waals surface area (Å²) in [5, 5.41) is 11.1. The molecule has 1 N–H and O–H groups in total. The van der Waals surface area contributed by atoms with Gasteiger partial charge in [-0.1, -0.05) is 12.1 Å². The topological polar surface area (TPSA) is 77.2 Å². The first-order valence-electron chi connectivity index (χ1n) is 6.84. The van der Waals surface area contributed by atoms with Gasteiger partial charge in [0.25, 0.3) is 11.3 Å². The number of nitrogens with zero attached hydrogens (tertiary/aromatic N) is 4. The van der Waals surface area contributed by atoms with E-state index in [0.717, 1.165) is 11.3 Å². The second-order valence-electron chi connectivity index (χ2n) is 4.76. The average molecular weight is 317 g/mol. The Balaban J connectivity index is 2.14. The molecule has 0 saturated heterocycles. The Morgan fingerprint density at radius 1 is 1.41 bits per heavy atom. The number of rotatable bonds is 4. The van der Waals surface area contributed by atoms with Crippen LogP contribution in [0.4, 0.5) is 0 Å². The highest BCUT2D eigenvalue weighted by molar-refractivity contribution is 7.71. The molecule has 2 aromatic heterocycles. The van der Waals surface area contributed by atoms with Crippen molar-refractivity contribution in [3.05, 3.63) is 50.6 Å². The van der Waals surface area contributed by atoms with Gasteiger partial charge in [-0.25, -0.2) is 5.10 Å². The van der Waals surface area contributed by atoms with Crippen LogP contribution in [0.15, 0.2) is 29.1 Å². The van der Waals surface area contributed by atoms with Crippen molar-refractivity contribution in [1.29, 1.82) is 0 Å². The van der Waals surface area contributed by atoms with E-state index in [2.05, 4.69) is 15.3 Å². The first kappa shape index (κ1) is 14.5. The summed E-state index contributed by atoms with van der Waals surface area (Å²) in [5.74, 6) is 1.17. The van der Waals surface area contributed by atoms with E-state index < -0.39 is 0 Å². The molecule has 0 atom stereocenters. The van der Waals surface area contributed by atoms with Gasteiger partial charge >= 0.3 is 0 Å². The van der Waals surface area contributed by atoms with Crippen LogP contribution in [-0.4, -0.2) is 31.5 Å². The number of methoxy groups -OCH3 is 1. The van der Waals surface area contributed by atoms with E-state index in [1.807, 2.05) is 31.2 Å². The summed E-state index contributed by atoms with van der Waals surface area (Å²) in [4.78, 5) is 12.6. The van der Waals surface area contributed by atoms with Crippen molar-refractivity contribution in [2.24, 2.45) is 0 Å². The van der Waals surface area contributed by atoms with Crippen LogP contribution in [-0.2, 0) is 13.0 Å². The Bertz CT molecular complexity index is 940. The maximum absolute atomic E-state index is 12.6. The van der Waals surface area contributed by atoms with Crippen LogP contribution in [0, 0.1) is 4.77 Å². The van der Waals surface area contributed by atoms with Crippen molar-refractivity contribution in [3.8, 4) is 5.75 Å². The standard InChI is InChI=1S/C14H15N5O2S/c1-3-18-12(20)11(17-19-13(18)15-16-14(19)22)8-9-5-4-6-10(7-9)21-2/h4-7H,3,8H2,1-2H3,(H,16,22). The van der Waals surface area contributed by atoms with Gasteiger partial charge in [0.1, 0.15) is 11.4 Å². The number of benzene rings is 1. The summed E-state index contributed by atoms with van der Waals surface area (Å²) >= 11 is 5.15. The van der Waals surface area contributed by atoms with Crippen LogP contribution in [0.5, 0.6) is 5.75 Å². The Morgan fingerprint density at radius 3 is 2.95 bits per heavy atom. The third-order valence-corrected chi connectivity index (χ3v) is 3.67. The minimum atomic E-state index is -0.160. The lowest BCUT2D eigenvalue weighted by Crippen LogP contribution is -2.28. The molecule has 0 bridgehead atoms. The second kappa shape index (κ2) is 5.72. The Kier molecular flexibility index (Phi) is 3.76. The van der Waals surface area contributed by atoms with Crippen LogP contribution in [0.3, 0.4) is 0 Å². The highest BCUT2D eigenvalue weighted by atomic mass is 32.1. The zero-order valence-electron chi connectivity index (χ0n) is 12.2. The van der Waals surface area contributed by atoms with Crippen LogP contribution >= 0.6 is 12.2 Å². The van der Waals surface area contributed by atoms with Gasteiger partial charge in [-0.3, -0.25) is 9.36 Å². The van der Waals surface area contributed by atoms with Crippen molar-refractivity contribution in [2.45, 2.75) is 19.9 Å². The molecule has 22 heavy (non-hydrogen) atoms. The number of nitrogens with one attached hydrogen (secondary N) is 1. The number of aromatic amines is 1. The van der Waals surface area contributed by atoms with Crippen LogP contribution < -0.4 is 10.3 Å². The van der Waals surface area contributed by atoms with Crippen molar-refractivity contribution in [1.82, 2.24) is 24.4 Å². The molecule has 0 unspecified atom stereocenters. The van der Waals surface area contributed by atoms with Gasteiger partial charge in [-0.15, -0.1) is 5.10 Å². The molecule has 0 fully saturated rings. The smallest absolute Gasteiger partial charge is 0.277 e. The van der Waals surface area contributed by atoms with E-state index in [0.29, 0.717) is 29.2 Å². The normalized spacial score (nSPS) is 11.0. The third-order valence-electron chi connectivity index (χ3n) is 3.41. The SMILES string of the molecule is CCn1c(=O)c(Cc2cccc(OC)c2)nn2c(=S)[nH]nc12. The molecule has 114 valence electrons. The minimum absolute atomic E-state index is 0.160. The lowest BCUT2D eigenvalue weighted by Gasteiger charge is -2.07. The number of hydrogen-bond acceptors (Lipinski definition) is 5. The number of aromatic nitrogens is 5. The summed E-state index contributed by atoms with van der Waals surface area (Å²) in [5.41, 5.74) is 1.20. The summed E-state index contributed by atoms with van der Waals surface area (Å²) in [6.07, 6.45) is 0.402. The van der Waals surface area contributed by atoms with Gasteiger partial charge in [0, 0.05) is 13.0 Å². The Morgan fingerprint density at radius 2 is 2.23 bits per heavy atom. The Hall–Kier alpha value is -2.48. The fourth-order valence-electron chi connectivity index (χ4n) is 2.33. The number of hydrogen-bond donors (Lipinski definition) is 1. The van der Waals surface area contributed by atoms with Crippen LogP contribution in [0.1, 0.15) is 18.2 Å². The highest BCUT2D eigenvalue weighted by Crippen LogP contribution is 2.14. The van der Waals surface area contributed by atoms with E-state index >= 15 is 0 Å². The molecular weight excluding hydrogens is 302 g/mol. The summed E-state index contributed by atoms with van der Waals surface area (Å²) in [6, 6.07) is 7.56. The zero-order valence-corrected chi connectivity index (χ0v) is 13.1. The van der Waals surface area contributed by atoms with Crippen LogP contribution in [0.25, 0.3) is 5.78 Å². The molecular formula is C14H15N5O2S. The lowest BCUT2D eigenvalue weighted by atomic mass is 10.1. The molecule has 1 aromatic carbocycles. The maximum atomic E-state index is 12.6. The molecule has 0 aliphatic rings.